The van der Waals surface area contributed by atoms with Gasteiger partial charge in [-0.15, -0.1) is 0 Å². The Balaban J connectivity index is 1.04. The van der Waals surface area contributed by atoms with Gasteiger partial charge in [0.05, 0.1) is 43.2 Å². The molecule has 0 saturated heterocycles. The second-order valence-corrected chi connectivity index (χ2v) is 29.2. The number of fused-ring (bicyclic) bond motifs is 19. The van der Waals surface area contributed by atoms with Crippen molar-refractivity contribution in [2.24, 2.45) is 41.4 Å². The molecule has 476 valence electrons. The SMILES string of the molecule is CNC[C@@H]1C#CC2CCC(CC2)OC[C@@H](O)[C@@](C)(O)CNc2cc([C@H]3C#C[C@@H]4CC(=O)Oc5c4cc(c(O)c5C4CCCCC4)C[C@H]4OC(=O)/C(=C\[C@H](O)C5(CCCCC5)c5cccc(c5)C[C@H]5C(=O)CC[C@H]6[C@H]5C[C@H]5CCCC[C@@H]5[C@@]46O)C3)cc(c2)[C@@H]1O. The number of nitrogens with one attached hydrogen (secondary N) is 2. The summed E-state index contributed by atoms with van der Waals surface area (Å²) in [6.07, 6.45) is 13.6. The van der Waals surface area contributed by atoms with E-state index in [9.17, 15) is 40.2 Å². The maximum absolute atomic E-state index is 16.5. The maximum atomic E-state index is 16.5. The Kier molecular flexibility index (Phi) is 18.1. The lowest BCUT2D eigenvalue weighted by Gasteiger charge is -2.59. The van der Waals surface area contributed by atoms with Gasteiger partial charge in [0, 0.05) is 71.5 Å². The van der Waals surface area contributed by atoms with Crippen LogP contribution in [-0.2, 0) is 42.1 Å². The van der Waals surface area contributed by atoms with Gasteiger partial charge in [0.25, 0.3) is 0 Å². The fourth-order valence-electron chi connectivity index (χ4n) is 18.6. The van der Waals surface area contributed by atoms with E-state index in [1.54, 1.807) is 13.0 Å². The summed E-state index contributed by atoms with van der Waals surface area (Å²) in [6.45, 7) is 1.78. The van der Waals surface area contributed by atoms with Gasteiger partial charge in [-0.1, -0.05) is 112 Å². The molecule has 14 bridgehead atoms. The number of carbonyl (C=O) groups is 3. The van der Waals surface area contributed by atoms with Crippen molar-refractivity contribution >= 4 is 23.4 Å². The Morgan fingerprint density at radius 2 is 1.51 bits per heavy atom. The highest BCUT2D eigenvalue weighted by Gasteiger charge is 2.62. The molecule has 5 aliphatic heterocycles. The van der Waals surface area contributed by atoms with Crippen LogP contribution in [0.5, 0.6) is 11.5 Å². The van der Waals surface area contributed by atoms with Gasteiger partial charge in [-0.05, 0) is 179 Å². The largest absolute Gasteiger partial charge is 0.507 e. The number of aliphatic hydroxyl groups is 5. The van der Waals surface area contributed by atoms with E-state index >= 15 is 4.79 Å². The molecule has 14 atom stereocenters. The molecule has 14 nitrogen and oxygen atoms in total. The van der Waals surface area contributed by atoms with E-state index < -0.39 is 76.6 Å². The first-order valence-electron chi connectivity index (χ1n) is 34.3. The molecule has 0 amide bonds. The summed E-state index contributed by atoms with van der Waals surface area (Å²) in [6, 6.07) is 15.9. The molecular formula is C75H94N2O12. The normalized spacial score (nSPS) is 37.2. The van der Waals surface area contributed by atoms with Gasteiger partial charge in [0.1, 0.15) is 40.7 Å². The molecule has 0 radical (unpaired) electrons. The van der Waals surface area contributed by atoms with Crippen LogP contribution in [0.25, 0.3) is 0 Å². The highest BCUT2D eigenvalue weighted by Crippen LogP contribution is 2.60. The average molecular weight is 1220 g/mol. The van der Waals surface area contributed by atoms with Gasteiger partial charge in [0.15, 0.2) is 0 Å². The lowest BCUT2D eigenvalue weighted by Crippen LogP contribution is -2.65. The first kappa shape index (κ1) is 62.3. The number of phenolic OH excluding ortho intramolecular Hbond substituents is 1. The molecular weight excluding hydrogens is 1120 g/mol. The molecule has 6 fully saturated rings. The molecule has 6 aliphatic carbocycles. The van der Waals surface area contributed by atoms with Crippen LogP contribution in [0.15, 0.2) is 60.2 Å². The van der Waals surface area contributed by atoms with Gasteiger partial charge in [-0.25, -0.2) is 4.79 Å². The average Bonchev–Trinajstić information content (AvgIpc) is 1.29. The topological polar surface area (TPSA) is 224 Å². The smallest absolute Gasteiger partial charge is 0.334 e. The van der Waals surface area contributed by atoms with Crippen LogP contribution in [0.2, 0.25) is 0 Å². The maximum Gasteiger partial charge on any atom is 0.334 e. The third-order valence-electron chi connectivity index (χ3n) is 23.6. The molecule has 89 heavy (non-hydrogen) atoms. The Labute approximate surface area is 525 Å². The van der Waals surface area contributed by atoms with Crippen LogP contribution in [0.3, 0.4) is 0 Å². The quantitative estimate of drug-likeness (QED) is 0.0692. The molecule has 14 rings (SSSR count). The van der Waals surface area contributed by atoms with Crippen molar-refractivity contribution in [2.75, 3.05) is 32.1 Å². The van der Waals surface area contributed by atoms with Gasteiger partial charge < -0.3 is 55.5 Å². The van der Waals surface area contributed by atoms with E-state index in [1.165, 1.54) is 0 Å². The van der Waals surface area contributed by atoms with Crippen LogP contribution in [0, 0.1) is 65.1 Å². The van der Waals surface area contributed by atoms with Crippen molar-refractivity contribution in [3.05, 3.63) is 99.1 Å². The molecule has 1 spiro atoms. The summed E-state index contributed by atoms with van der Waals surface area (Å²) in [5, 5.41) is 84.0. The molecule has 3 aromatic rings. The van der Waals surface area contributed by atoms with Crippen molar-refractivity contribution in [1.29, 1.82) is 0 Å². The van der Waals surface area contributed by atoms with Crippen LogP contribution >= 0.6 is 0 Å². The summed E-state index contributed by atoms with van der Waals surface area (Å²) in [4.78, 5) is 45.4. The molecule has 3 aromatic carbocycles. The molecule has 0 unspecified atom stereocenters. The van der Waals surface area contributed by atoms with Gasteiger partial charge in [0.2, 0.25) is 0 Å². The molecule has 8 N–H and O–H groups in total. The summed E-state index contributed by atoms with van der Waals surface area (Å²) >= 11 is 0. The predicted molar refractivity (Wildman–Crippen MR) is 338 cm³/mol. The van der Waals surface area contributed by atoms with Crippen molar-refractivity contribution in [3.63, 3.8) is 0 Å². The lowest BCUT2D eigenvalue weighted by molar-refractivity contribution is -0.228. The number of ketones is 1. The summed E-state index contributed by atoms with van der Waals surface area (Å²) in [5.41, 5.74) is 1.27. The number of esters is 2. The van der Waals surface area contributed by atoms with Crippen LogP contribution in [-0.4, -0.2) is 111 Å². The molecule has 0 aromatic heterocycles. The zero-order valence-electron chi connectivity index (χ0n) is 52.3. The van der Waals surface area contributed by atoms with Crippen LogP contribution in [0.4, 0.5) is 5.69 Å². The third-order valence-corrected chi connectivity index (χ3v) is 23.6. The fraction of sp³-hybridized carbons (Fsp3) is 0.640. The summed E-state index contributed by atoms with van der Waals surface area (Å²) in [5.74, 6) is 10.0. The standard InChI is InChI=1S/C75H94N2O12/c1-73(85)43-77-56-34-51(33-52(35-56)69(82)50(41-76-2)21-18-44-19-24-57(25-20-44)87-42-65(73)80)47-22-23-48-40-67(81)89-71-58(48)37-53(70(83)68(71)46-13-5-3-6-14-46)39-66-75(86)61-17-8-7-15-49(61)36-59-60(63(78)27-26-62(59)75)31-45-12-11-16-55(30-45)74(28-9-4-10-29-74)64(79)38-54(32-47)72(84)88-66/h11-12,16,30,33-35,37-38,44,46-50,57,59-62,64-66,69,76-77,79-80,82-83,85-86H,3-10,13-15,17,19-20,24-29,31-32,36,39-43H2,1-2H3/b54-38-/t44?,47-,48+,49+,50-,57?,59-,60+,61-,62-,64-,65+,66+,69+,73-,75-/m0/s1. The van der Waals surface area contributed by atoms with Crippen molar-refractivity contribution in [3.8, 4) is 35.2 Å². The summed E-state index contributed by atoms with van der Waals surface area (Å²) < 4.78 is 19.8. The van der Waals surface area contributed by atoms with Crippen molar-refractivity contribution in [1.82, 2.24) is 5.32 Å². The predicted octanol–water partition coefficient (Wildman–Crippen LogP) is 10.4. The monoisotopic (exact) mass is 1210 g/mol. The van der Waals surface area contributed by atoms with E-state index in [-0.39, 0.29) is 97.6 Å². The number of Topliss-reactive ketones (excluding diaryl/α,β-unsaturated/α-hetero) is 1. The Morgan fingerprint density at radius 1 is 0.753 bits per heavy atom. The molecule has 6 saturated carbocycles. The Bertz CT molecular complexity index is 3310. The minimum absolute atomic E-state index is 0.0230. The van der Waals surface area contributed by atoms with Crippen molar-refractivity contribution < 1.29 is 59.2 Å². The van der Waals surface area contributed by atoms with Crippen LogP contribution < -0.4 is 15.4 Å². The number of hydrogen-bond acceptors (Lipinski definition) is 14. The lowest BCUT2D eigenvalue weighted by atomic mass is 9.48. The number of phenols is 1. The number of ether oxygens (including phenoxy) is 3. The Hall–Kier alpha value is -5.55. The molecule has 14 heteroatoms. The fourth-order valence-corrected chi connectivity index (χ4v) is 18.6. The number of hydrogen-bond donors (Lipinski definition) is 8. The van der Waals surface area contributed by atoms with Crippen LogP contribution in [0.1, 0.15) is 217 Å². The number of rotatable bonds is 4. The highest BCUT2D eigenvalue weighted by molar-refractivity contribution is 5.89. The van der Waals surface area contributed by atoms with E-state index in [4.69, 9.17) is 14.2 Å². The second-order valence-electron chi connectivity index (χ2n) is 29.2. The first-order chi connectivity index (χ1) is 43.0. The van der Waals surface area contributed by atoms with Crippen molar-refractivity contribution in [2.45, 2.75) is 232 Å². The number of anilines is 1. The van der Waals surface area contributed by atoms with Gasteiger partial charge >= 0.3 is 11.9 Å². The number of carbonyl (C=O) groups excluding carboxylic acids is 3. The van der Waals surface area contributed by atoms with E-state index in [2.05, 4.69) is 52.5 Å². The molecule has 11 aliphatic rings. The zero-order chi connectivity index (χ0) is 61.8. The van der Waals surface area contributed by atoms with E-state index in [1.807, 2.05) is 37.4 Å². The minimum Gasteiger partial charge on any atom is -0.507 e. The second kappa shape index (κ2) is 25.9. The van der Waals surface area contributed by atoms with Gasteiger partial charge in [-0.2, -0.15) is 0 Å². The highest BCUT2D eigenvalue weighted by atomic mass is 16.6. The number of benzene rings is 3. The van der Waals surface area contributed by atoms with E-state index in [0.29, 0.717) is 77.9 Å². The van der Waals surface area contributed by atoms with E-state index in [0.717, 1.165) is 114 Å². The Morgan fingerprint density at radius 3 is 2.30 bits per heavy atom. The zero-order valence-corrected chi connectivity index (χ0v) is 52.3. The number of aromatic hydroxyl groups is 1. The van der Waals surface area contributed by atoms with Gasteiger partial charge in [-0.3, -0.25) is 9.59 Å². The minimum atomic E-state index is -1.66. The number of aliphatic hydroxyl groups excluding tert-OH is 3. The third kappa shape index (κ3) is 12.3. The summed E-state index contributed by atoms with van der Waals surface area (Å²) in [7, 11) is 1.83. The first-order valence-corrected chi connectivity index (χ1v) is 34.3. The molecule has 5 heterocycles.